The highest BCUT2D eigenvalue weighted by Crippen LogP contribution is 2.35. The zero-order chi connectivity index (χ0) is 19.6. The first-order chi connectivity index (χ1) is 12.8. The number of anilines is 1. The van der Waals surface area contributed by atoms with Crippen molar-refractivity contribution in [3.8, 4) is 0 Å². The van der Waals surface area contributed by atoms with E-state index in [1.807, 2.05) is 16.9 Å². The minimum atomic E-state index is -0.236. The highest BCUT2D eigenvalue weighted by Gasteiger charge is 2.39. The molecule has 0 aliphatic carbocycles. The first-order valence-electron chi connectivity index (χ1n) is 9.00. The number of aryl methyl sites for hydroxylation is 1. The van der Waals surface area contributed by atoms with Crippen LogP contribution in [0.15, 0.2) is 29.4 Å². The molecule has 0 spiro atoms. The molecule has 1 fully saturated rings. The first kappa shape index (κ1) is 20.0. The number of pyridine rings is 1. The molecule has 1 atom stereocenters. The second-order valence-corrected chi connectivity index (χ2v) is 8.56. The van der Waals surface area contributed by atoms with E-state index in [1.54, 1.807) is 12.1 Å². The molecule has 0 saturated carbocycles. The summed E-state index contributed by atoms with van der Waals surface area (Å²) in [5.41, 5.74) is 6.42. The molecule has 146 valence electrons. The maximum atomic E-state index is 12.8. The summed E-state index contributed by atoms with van der Waals surface area (Å²) in [5, 5.41) is 5.50. The molecule has 1 aliphatic heterocycles. The Balaban J connectivity index is 1.78. The summed E-state index contributed by atoms with van der Waals surface area (Å²) in [6.45, 7) is 7.77. The predicted molar refractivity (Wildman–Crippen MR) is 109 cm³/mol. The van der Waals surface area contributed by atoms with E-state index in [4.69, 9.17) is 17.3 Å². The van der Waals surface area contributed by atoms with Crippen LogP contribution in [-0.4, -0.2) is 38.8 Å². The number of amides is 1. The van der Waals surface area contributed by atoms with Gasteiger partial charge in [0.2, 0.25) is 0 Å². The van der Waals surface area contributed by atoms with Crippen LogP contribution >= 0.6 is 23.5 Å². The molecule has 2 aromatic rings. The predicted octanol–water partition coefficient (Wildman–Crippen LogP) is 3.09. The van der Waals surface area contributed by atoms with Crippen molar-refractivity contribution in [1.82, 2.24) is 19.5 Å². The highest BCUT2D eigenvalue weighted by molar-refractivity contribution is 7.97. The second kappa shape index (κ2) is 8.08. The van der Waals surface area contributed by atoms with E-state index in [9.17, 15) is 4.79 Å². The average Bonchev–Trinajstić information content (AvgIpc) is 3.15. The van der Waals surface area contributed by atoms with Gasteiger partial charge in [-0.25, -0.2) is 4.98 Å². The molecule has 0 radical (unpaired) electrons. The Kier molecular flexibility index (Phi) is 5.98. The minimum Gasteiger partial charge on any atom is -0.349 e. The van der Waals surface area contributed by atoms with Crippen LogP contribution in [-0.2, 0) is 6.54 Å². The van der Waals surface area contributed by atoms with E-state index < -0.39 is 0 Å². The van der Waals surface area contributed by atoms with Gasteiger partial charge in [0.25, 0.3) is 5.91 Å². The van der Waals surface area contributed by atoms with Gasteiger partial charge in [-0.05, 0) is 44.9 Å². The third kappa shape index (κ3) is 4.56. The molecule has 1 saturated heterocycles. The maximum absolute atomic E-state index is 12.8. The number of nitrogens with zero attached hydrogens (tertiary/aromatic N) is 4. The zero-order valence-corrected chi connectivity index (χ0v) is 17.3. The number of aromatic nitrogens is 3. The topological polar surface area (TPSA) is 89.1 Å². The summed E-state index contributed by atoms with van der Waals surface area (Å²) < 4.78 is 4.71. The van der Waals surface area contributed by atoms with Crippen LogP contribution in [0.2, 0.25) is 5.15 Å². The van der Waals surface area contributed by atoms with Crippen molar-refractivity contribution in [1.29, 1.82) is 0 Å². The van der Waals surface area contributed by atoms with E-state index in [0.717, 1.165) is 24.4 Å². The van der Waals surface area contributed by atoms with Crippen LogP contribution in [0, 0.1) is 0 Å². The number of nitrogens with one attached hydrogen (secondary N) is 1. The van der Waals surface area contributed by atoms with Gasteiger partial charge in [0.05, 0.1) is 5.56 Å². The van der Waals surface area contributed by atoms with Crippen molar-refractivity contribution in [3.63, 3.8) is 0 Å². The van der Waals surface area contributed by atoms with E-state index in [2.05, 4.69) is 40.5 Å². The summed E-state index contributed by atoms with van der Waals surface area (Å²) in [6, 6.07) is 5.25. The first-order valence-corrected chi connectivity index (χ1v) is 10.2. The molecule has 0 bridgehead atoms. The number of carbonyl (C=O) groups is 1. The standard InChI is InChI=1S/C18H25ClN6OS/c1-4-8-24-9-7-15(22-24)27-23-17(26)13-5-6-14(19)21-16(13)25-11-12(20)10-18(25,2)3/h5-7,9,12H,4,8,10-11,20H2,1-3H3,(H,23,26). The lowest BCUT2D eigenvalue weighted by Crippen LogP contribution is -2.40. The zero-order valence-electron chi connectivity index (χ0n) is 15.8. The molecule has 1 amide bonds. The fraction of sp³-hybridized carbons (Fsp3) is 0.500. The van der Waals surface area contributed by atoms with Crippen LogP contribution < -0.4 is 15.4 Å². The van der Waals surface area contributed by atoms with Gasteiger partial charge in [-0.3, -0.25) is 14.2 Å². The fourth-order valence-electron chi connectivity index (χ4n) is 3.38. The molecule has 1 unspecified atom stereocenters. The number of halogens is 1. The van der Waals surface area contributed by atoms with E-state index in [0.29, 0.717) is 23.1 Å². The monoisotopic (exact) mass is 408 g/mol. The quantitative estimate of drug-likeness (QED) is 0.564. The molecule has 0 aromatic carbocycles. The molecule has 3 rings (SSSR count). The Morgan fingerprint density at radius 3 is 2.89 bits per heavy atom. The maximum Gasteiger partial charge on any atom is 0.265 e. The van der Waals surface area contributed by atoms with Crippen molar-refractivity contribution in [2.24, 2.45) is 5.73 Å². The Morgan fingerprint density at radius 1 is 1.44 bits per heavy atom. The largest absolute Gasteiger partial charge is 0.349 e. The number of hydrogen-bond donors (Lipinski definition) is 2. The van der Waals surface area contributed by atoms with Gasteiger partial charge in [0, 0.05) is 42.8 Å². The van der Waals surface area contributed by atoms with Crippen molar-refractivity contribution in [3.05, 3.63) is 35.1 Å². The van der Waals surface area contributed by atoms with E-state index in [-0.39, 0.29) is 17.5 Å². The van der Waals surface area contributed by atoms with Crippen LogP contribution in [0.25, 0.3) is 0 Å². The number of hydrogen-bond acceptors (Lipinski definition) is 6. The Morgan fingerprint density at radius 2 is 2.22 bits per heavy atom. The number of nitrogens with two attached hydrogens (primary N) is 1. The molecule has 3 heterocycles. The van der Waals surface area contributed by atoms with Gasteiger partial charge in [-0.2, -0.15) is 5.10 Å². The molecule has 3 N–H and O–H groups in total. The minimum absolute atomic E-state index is 0.0357. The van der Waals surface area contributed by atoms with E-state index in [1.165, 1.54) is 11.9 Å². The van der Waals surface area contributed by atoms with Crippen molar-refractivity contribution >= 4 is 35.3 Å². The summed E-state index contributed by atoms with van der Waals surface area (Å²) in [7, 11) is 0. The van der Waals surface area contributed by atoms with Crippen LogP contribution in [0.1, 0.15) is 44.0 Å². The summed E-state index contributed by atoms with van der Waals surface area (Å²) in [4.78, 5) is 19.3. The highest BCUT2D eigenvalue weighted by atomic mass is 35.5. The fourth-order valence-corrected chi connectivity index (χ4v) is 4.11. The smallest absolute Gasteiger partial charge is 0.265 e. The molecular formula is C18H25ClN6OS. The van der Waals surface area contributed by atoms with Gasteiger partial charge in [0.15, 0.2) is 0 Å². The Labute approximate surface area is 168 Å². The molecular weight excluding hydrogens is 384 g/mol. The van der Waals surface area contributed by atoms with Gasteiger partial charge in [-0.15, -0.1) is 0 Å². The lowest BCUT2D eigenvalue weighted by Gasteiger charge is -2.33. The Bertz CT molecular complexity index is 824. The van der Waals surface area contributed by atoms with Gasteiger partial charge >= 0.3 is 0 Å². The number of rotatable bonds is 6. The van der Waals surface area contributed by atoms with E-state index >= 15 is 0 Å². The SMILES string of the molecule is CCCn1ccc(SNC(=O)c2ccc(Cl)nc2N2CC(N)CC2(C)C)n1. The van der Waals surface area contributed by atoms with Crippen molar-refractivity contribution in [2.75, 3.05) is 11.4 Å². The Hall–Kier alpha value is -1.77. The third-order valence-electron chi connectivity index (χ3n) is 4.57. The van der Waals surface area contributed by atoms with Crippen LogP contribution in [0.4, 0.5) is 5.82 Å². The summed E-state index contributed by atoms with van der Waals surface area (Å²) >= 11 is 7.31. The summed E-state index contributed by atoms with van der Waals surface area (Å²) in [6.07, 6.45) is 3.74. The molecule has 7 nitrogen and oxygen atoms in total. The summed E-state index contributed by atoms with van der Waals surface area (Å²) in [5.74, 6) is 0.329. The molecule has 2 aromatic heterocycles. The molecule has 9 heteroatoms. The lowest BCUT2D eigenvalue weighted by molar-refractivity contribution is 0.0984. The van der Waals surface area contributed by atoms with Gasteiger partial charge in [-0.1, -0.05) is 18.5 Å². The average molecular weight is 409 g/mol. The van der Waals surface area contributed by atoms with Crippen LogP contribution in [0.5, 0.6) is 0 Å². The van der Waals surface area contributed by atoms with Gasteiger partial charge < -0.3 is 10.6 Å². The van der Waals surface area contributed by atoms with Crippen molar-refractivity contribution < 1.29 is 4.79 Å². The van der Waals surface area contributed by atoms with Crippen molar-refractivity contribution in [2.45, 2.75) is 56.8 Å². The molecule has 27 heavy (non-hydrogen) atoms. The molecule has 1 aliphatic rings. The number of carbonyl (C=O) groups excluding carboxylic acids is 1. The van der Waals surface area contributed by atoms with Gasteiger partial charge in [0.1, 0.15) is 16.0 Å². The second-order valence-electron chi connectivity index (χ2n) is 7.34. The lowest BCUT2D eigenvalue weighted by atomic mass is 10.0. The van der Waals surface area contributed by atoms with Crippen LogP contribution in [0.3, 0.4) is 0 Å². The normalized spacial score (nSPS) is 18.7. The third-order valence-corrected chi connectivity index (χ3v) is 5.49.